The van der Waals surface area contributed by atoms with Crippen molar-refractivity contribution in [2.45, 2.75) is 19.5 Å². The molecule has 36 heavy (non-hydrogen) atoms. The molecule has 2 N–H and O–H groups in total. The molecular formula is C26H28N6O3S. The molecule has 0 spiro atoms. The molecule has 4 heterocycles. The van der Waals surface area contributed by atoms with Crippen LogP contribution in [0, 0.1) is 0 Å². The summed E-state index contributed by atoms with van der Waals surface area (Å²) in [7, 11) is 0. The normalized spacial score (nSPS) is 16.4. The number of ether oxygens (including phenoxy) is 3. The van der Waals surface area contributed by atoms with Crippen LogP contribution >= 0.6 is 12.2 Å². The molecule has 0 amide bonds. The number of nitrogens with zero attached hydrogens (tertiary/aromatic N) is 4. The third-order valence-electron chi connectivity index (χ3n) is 6.60. The Kier molecular flexibility index (Phi) is 6.44. The molecule has 0 saturated carbocycles. The van der Waals surface area contributed by atoms with Gasteiger partial charge in [0.2, 0.25) is 12.7 Å². The second kappa shape index (κ2) is 10.2. The summed E-state index contributed by atoms with van der Waals surface area (Å²) in [5, 5.41) is 6.91. The maximum absolute atomic E-state index is 5.58. The summed E-state index contributed by atoms with van der Waals surface area (Å²) in [6, 6.07) is 16.5. The second-order valence-electron chi connectivity index (χ2n) is 8.94. The molecule has 9 nitrogen and oxygen atoms in total. The average molecular weight is 505 g/mol. The number of thiocarbonyl (C=S) groups is 1. The Hall–Kier alpha value is -3.63. The quantitative estimate of drug-likeness (QED) is 0.506. The van der Waals surface area contributed by atoms with Crippen molar-refractivity contribution in [3.8, 4) is 11.5 Å². The van der Waals surface area contributed by atoms with Gasteiger partial charge in [-0.05, 0) is 47.5 Å². The number of rotatable bonds is 5. The van der Waals surface area contributed by atoms with E-state index in [2.05, 4.69) is 50.8 Å². The zero-order valence-corrected chi connectivity index (χ0v) is 20.7. The van der Waals surface area contributed by atoms with Crippen LogP contribution in [0.3, 0.4) is 0 Å². The highest BCUT2D eigenvalue weighted by Gasteiger charge is 2.21. The lowest BCUT2D eigenvalue weighted by Gasteiger charge is -2.32. The predicted molar refractivity (Wildman–Crippen MR) is 142 cm³/mol. The first-order valence-electron chi connectivity index (χ1n) is 12.2. The van der Waals surface area contributed by atoms with E-state index in [0.717, 1.165) is 61.3 Å². The smallest absolute Gasteiger partial charge is 0.232 e. The van der Waals surface area contributed by atoms with Crippen molar-refractivity contribution in [1.82, 2.24) is 15.3 Å². The van der Waals surface area contributed by atoms with Crippen LogP contribution in [0.5, 0.6) is 11.5 Å². The van der Waals surface area contributed by atoms with Gasteiger partial charge >= 0.3 is 0 Å². The maximum Gasteiger partial charge on any atom is 0.232 e. The van der Waals surface area contributed by atoms with Gasteiger partial charge in [-0.2, -0.15) is 9.97 Å². The van der Waals surface area contributed by atoms with Gasteiger partial charge in [0, 0.05) is 38.8 Å². The van der Waals surface area contributed by atoms with Crippen molar-refractivity contribution in [1.29, 1.82) is 0 Å². The number of hydrogen-bond acceptors (Lipinski definition) is 8. The molecule has 3 aliphatic rings. The molecule has 1 aromatic heterocycles. The zero-order chi connectivity index (χ0) is 24.3. The maximum atomic E-state index is 5.58. The van der Waals surface area contributed by atoms with E-state index in [-0.39, 0.29) is 6.79 Å². The van der Waals surface area contributed by atoms with Gasteiger partial charge < -0.3 is 34.6 Å². The van der Waals surface area contributed by atoms with Gasteiger partial charge in [-0.1, -0.05) is 30.3 Å². The number of fused-ring (bicyclic) bond motifs is 2. The summed E-state index contributed by atoms with van der Waals surface area (Å²) in [6.45, 7) is 5.50. The van der Waals surface area contributed by atoms with Crippen LogP contribution in [-0.4, -0.2) is 54.7 Å². The van der Waals surface area contributed by atoms with Gasteiger partial charge in [0.15, 0.2) is 16.6 Å². The van der Waals surface area contributed by atoms with Gasteiger partial charge in [-0.25, -0.2) is 0 Å². The molecule has 186 valence electrons. The number of benzene rings is 2. The van der Waals surface area contributed by atoms with Gasteiger partial charge in [0.05, 0.1) is 13.2 Å². The summed E-state index contributed by atoms with van der Waals surface area (Å²) in [5.74, 6) is 3.77. The fourth-order valence-corrected chi connectivity index (χ4v) is 4.83. The van der Waals surface area contributed by atoms with Gasteiger partial charge in [0.1, 0.15) is 11.6 Å². The molecule has 0 aliphatic carbocycles. The molecule has 0 radical (unpaired) electrons. The van der Waals surface area contributed by atoms with E-state index in [1.807, 2.05) is 18.2 Å². The SMILES string of the molecule is S=C(NCc1ccc2c(c1)OCO2)Nc1nc(N2CCOCC2)cc(N2CCc3ccccc3C2)n1. The summed E-state index contributed by atoms with van der Waals surface area (Å²) >= 11 is 5.58. The van der Waals surface area contributed by atoms with E-state index in [9.17, 15) is 0 Å². The van der Waals surface area contributed by atoms with Crippen LogP contribution in [0.4, 0.5) is 17.6 Å². The highest BCUT2D eigenvalue weighted by molar-refractivity contribution is 7.80. The second-order valence-corrected chi connectivity index (χ2v) is 9.35. The van der Waals surface area contributed by atoms with Crippen LogP contribution < -0.4 is 29.9 Å². The summed E-state index contributed by atoms with van der Waals surface area (Å²) in [5.41, 5.74) is 3.79. The Morgan fingerprint density at radius 1 is 0.889 bits per heavy atom. The van der Waals surface area contributed by atoms with E-state index < -0.39 is 0 Å². The molecular weight excluding hydrogens is 476 g/mol. The third-order valence-corrected chi connectivity index (χ3v) is 6.85. The van der Waals surface area contributed by atoms with Crippen LogP contribution in [0.1, 0.15) is 16.7 Å². The predicted octanol–water partition coefficient (Wildman–Crippen LogP) is 3.09. The Morgan fingerprint density at radius 3 is 2.53 bits per heavy atom. The number of hydrogen-bond donors (Lipinski definition) is 2. The molecule has 0 bridgehead atoms. The van der Waals surface area contributed by atoms with Crippen molar-refractivity contribution in [3.63, 3.8) is 0 Å². The van der Waals surface area contributed by atoms with E-state index in [0.29, 0.717) is 30.8 Å². The van der Waals surface area contributed by atoms with Crippen molar-refractivity contribution >= 4 is 34.9 Å². The third kappa shape index (κ3) is 5.00. The van der Waals surface area contributed by atoms with Crippen LogP contribution in [0.25, 0.3) is 0 Å². The fraction of sp³-hybridized carbons (Fsp3) is 0.346. The number of aromatic nitrogens is 2. The zero-order valence-electron chi connectivity index (χ0n) is 19.9. The highest BCUT2D eigenvalue weighted by atomic mass is 32.1. The first-order valence-corrected chi connectivity index (χ1v) is 12.6. The van der Waals surface area contributed by atoms with Crippen molar-refractivity contribution in [2.24, 2.45) is 0 Å². The van der Waals surface area contributed by atoms with Crippen LogP contribution in [-0.2, 0) is 24.2 Å². The monoisotopic (exact) mass is 504 g/mol. The molecule has 3 aromatic rings. The topological polar surface area (TPSA) is 84.0 Å². The minimum atomic E-state index is 0.258. The average Bonchev–Trinajstić information content (AvgIpc) is 3.40. The first kappa shape index (κ1) is 22.8. The van der Waals surface area contributed by atoms with Gasteiger partial charge in [-0.15, -0.1) is 0 Å². The number of morpholine rings is 1. The van der Waals surface area contributed by atoms with Crippen molar-refractivity contribution in [3.05, 3.63) is 65.2 Å². The van der Waals surface area contributed by atoms with Crippen molar-refractivity contribution < 1.29 is 14.2 Å². The fourth-order valence-electron chi connectivity index (χ4n) is 4.66. The lowest BCUT2D eigenvalue weighted by molar-refractivity contribution is 0.122. The van der Waals surface area contributed by atoms with Crippen molar-refractivity contribution in [2.75, 3.05) is 54.8 Å². The molecule has 1 saturated heterocycles. The largest absolute Gasteiger partial charge is 0.454 e. The number of nitrogens with one attached hydrogen (secondary N) is 2. The molecule has 2 aromatic carbocycles. The minimum Gasteiger partial charge on any atom is -0.454 e. The van der Waals surface area contributed by atoms with Crippen LogP contribution in [0.15, 0.2) is 48.5 Å². The van der Waals surface area contributed by atoms with Gasteiger partial charge in [-0.3, -0.25) is 0 Å². The minimum absolute atomic E-state index is 0.258. The standard InChI is InChI=1S/C26H28N6O3S/c36-26(27-15-18-5-6-21-22(13-18)35-17-34-21)30-25-28-23(31-9-11-33-12-10-31)14-24(29-25)32-8-7-19-3-1-2-4-20(19)16-32/h1-6,13-14H,7-12,15-17H2,(H2,27,28,29,30,36). The van der Waals surface area contributed by atoms with Crippen LogP contribution in [0.2, 0.25) is 0 Å². The summed E-state index contributed by atoms with van der Waals surface area (Å²) in [6.07, 6.45) is 0.991. The van der Waals surface area contributed by atoms with E-state index in [1.165, 1.54) is 11.1 Å². The molecule has 0 unspecified atom stereocenters. The number of anilines is 3. The summed E-state index contributed by atoms with van der Waals surface area (Å²) in [4.78, 5) is 14.2. The lowest BCUT2D eigenvalue weighted by atomic mass is 10.00. The lowest BCUT2D eigenvalue weighted by Crippen LogP contribution is -2.38. The Labute approximate surface area is 215 Å². The van der Waals surface area contributed by atoms with Gasteiger partial charge in [0.25, 0.3) is 0 Å². The first-order chi connectivity index (χ1) is 17.7. The molecule has 1 fully saturated rings. The molecule has 3 aliphatic heterocycles. The summed E-state index contributed by atoms with van der Waals surface area (Å²) < 4.78 is 16.4. The van der Waals surface area contributed by atoms with E-state index >= 15 is 0 Å². The Bertz CT molecular complexity index is 1270. The molecule has 10 heteroatoms. The molecule has 6 rings (SSSR count). The van der Waals surface area contributed by atoms with E-state index in [4.69, 9.17) is 36.4 Å². The van der Waals surface area contributed by atoms with E-state index in [1.54, 1.807) is 0 Å². The Balaban J connectivity index is 1.19. The Morgan fingerprint density at radius 2 is 1.67 bits per heavy atom. The highest BCUT2D eigenvalue weighted by Crippen LogP contribution is 2.32. The molecule has 0 atom stereocenters.